The Morgan fingerprint density at radius 1 is 1.11 bits per heavy atom. The van der Waals surface area contributed by atoms with Crippen molar-refractivity contribution in [2.75, 3.05) is 11.4 Å². The lowest BCUT2D eigenvalue weighted by Crippen LogP contribution is -2.54. The average Bonchev–Trinajstić information content (AvgIpc) is 3.33. The standard InChI is InChI=1S/C28H31FN6O3/c1-28(2,3)20-9-11-22(12-10-20)35(26(37)24-32-27(38)34-33-24)23(19-7-5-14-30-17-19)25(36)31-15-13-18-6-4-8-21(29)16-18/h4-12,14,16-17,23-24,33H,13,15H2,1-3H3,(H,31,36)(H2,32,34,38). The third-order valence-corrected chi connectivity index (χ3v) is 6.21. The SMILES string of the molecule is CC(C)(C)c1ccc(N(C(=O)C2NNC(=O)N2)C(C(=O)NCCc2cccc(F)c2)c2cccnc2)cc1. The van der Waals surface area contributed by atoms with E-state index in [0.717, 1.165) is 11.1 Å². The lowest BCUT2D eigenvalue weighted by atomic mass is 9.87. The minimum Gasteiger partial charge on any atom is -0.354 e. The van der Waals surface area contributed by atoms with Gasteiger partial charge in [0.1, 0.15) is 11.9 Å². The number of anilines is 1. The Hall–Kier alpha value is -4.31. The largest absolute Gasteiger partial charge is 0.354 e. The number of hydrogen-bond acceptors (Lipinski definition) is 5. The molecule has 0 aliphatic carbocycles. The highest BCUT2D eigenvalue weighted by Gasteiger charge is 2.39. The highest BCUT2D eigenvalue weighted by molar-refractivity contribution is 6.05. The van der Waals surface area contributed by atoms with Crippen LogP contribution in [0.3, 0.4) is 0 Å². The lowest BCUT2D eigenvalue weighted by molar-refractivity contribution is -0.127. The summed E-state index contributed by atoms with van der Waals surface area (Å²) < 4.78 is 13.6. The molecule has 2 atom stereocenters. The van der Waals surface area contributed by atoms with Gasteiger partial charge in [-0.3, -0.25) is 24.9 Å². The number of nitrogens with zero attached hydrogens (tertiary/aromatic N) is 2. The lowest BCUT2D eigenvalue weighted by Gasteiger charge is -2.33. The molecule has 1 aliphatic rings. The number of benzene rings is 2. The molecule has 1 saturated heterocycles. The van der Waals surface area contributed by atoms with Crippen LogP contribution in [0.15, 0.2) is 73.1 Å². The molecule has 9 nitrogen and oxygen atoms in total. The van der Waals surface area contributed by atoms with E-state index >= 15 is 0 Å². The fourth-order valence-corrected chi connectivity index (χ4v) is 4.20. The molecule has 0 saturated carbocycles. The first-order chi connectivity index (χ1) is 18.1. The van der Waals surface area contributed by atoms with Crippen LogP contribution < -0.4 is 26.4 Å². The van der Waals surface area contributed by atoms with E-state index in [9.17, 15) is 18.8 Å². The molecule has 4 amide bonds. The Morgan fingerprint density at radius 2 is 1.87 bits per heavy atom. The fraction of sp³-hybridized carbons (Fsp3) is 0.286. The predicted octanol–water partition coefficient (Wildman–Crippen LogP) is 3.09. The molecule has 2 heterocycles. The number of urea groups is 1. The highest BCUT2D eigenvalue weighted by Crippen LogP contribution is 2.31. The van der Waals surface area contributed by atoms with E-state index < -0.39 is 30.1 Å². The normalized spacial score (nSPS) is 15.8. The molecule has 1 fully saturated rings. The van der Waals surface area contributed by atoms with Crippen molar-refractivity contribution in [3.63, 3.8) is 0 Å². The molecule has 10 heteroatoms. The first-order valence-electron chi connectivity index (χ1n) is 12.3. The zero-order chi connectivity index (χ0) is 27.3. The maximum atomic E-state index is 13.8. The van der Waals surface area contributed by atoms with E-state index in [2.05, 4.69) is 47.2 Å². The van der Waals surface area contributed by atoms with Crippen LogP contribution in [0, 0.1) is 5.82 Å². The average molecular weight is 519 g/mol. The summed E-state index contributed by atoms with van der Waals surface area (Å²) in [5, 5.41) is 5.40. The van der Waals surface area contributed by atoms with Crippen molar-refractivity contribution in [2.45, 2.75) is 44.8 Å². The molecule has 4 N–H and O–H groups in total. The third kappa shape index (κ3) is 6.33. The van der Waals surface area contributed by atoms with Gasteiger partial charge in [0, 0.05) is 30.2 Å². The van der Waals surface area contributed by atoms with Gasteiger partial charge in [-0.15, -0.1) is 0 Å². The van der Waals surface area contributed by atoms with Gasteiger partial charge < -0.3 is 10.6 Å². The van der Waals surface area contributed by atoms with Crippen LogP contribution in [-0.4, -0.2) is 35.5 Å². The van der Waals surface area contributed by atoms with Crippen LogP contribution in [0.1, 0.15) is 43.5 Å². The van der Waals surface area contributed by atoms with Crippen molar-refractivity contribution in [2.24, 2.45) is 0 Å². The zero-order valence-electron chi connectivity index (χ0n) is 21.5. The molecular formula is C28H31FN6O3. The molecule has 0 spiro atoms. The number of amides is 4. The van der Waals surface area contributed by atoms with Gasteiger partial charge in [0.15, 0.2) is 6.17 Å². The first-order valence-corrected chi connectivity index (χ1v) is 12.3. The van der Waals surface area contributed by atoms with Gasteiger partial charge in [-0.2, -0.15) is 0 Å². The number of pyridine rings is 1. The number of aromatic nitrogens is 1. The Balaban J connectivity index is 1.68. The number of rotatable bonds is 8. The second-order valence-corrected chi connectivity index (χ2v) is 10.0. The van der Waals surface area contributed by atoms with Gasteiger partial charge >= 0.3 is 6.03 Å². The van der Waals surface area contributed by atoms with Gasteiger partial charge in [0.25, 0.3) is 5.91 Å². The zero-order valence-corrected chi connectivity index (χ0v) is 21.5. The van der Waals surface area contributed by atoms with E-state index in [-0.39, 0.29) is 17.8 Å². The second kappa shape index (κ2) is 11.4. The smallest absolute Gasteiger partial charge is 0.330 e. The fourth-order valence-electron chi connectivity index (χ4n) is 4.20. The summed E-state index contributed by atoms with van der Waals surface area (Å²) in [5.74, 6) is -1.34. The molecule has 1 aromatic heterocycles. The molecule has 3 aromatic rings. The van der Waals surface area contributed by atoms with Gasteiger partial charge in [0.05, 0.1) is 0 Å². The molecule has 198 valence electrons. The maximum Gasteiger partial charge on any atom is 0.330 e. The van der Waals surface area contributed by atoms with Crippen LogP contribution in [0.5, 0.6) is 0 Å². The quantitative estimate of drug-likeness (QED) is 0.366. The summed E-state index contributed by atoms with van der Waals surface area (Å²) in [6.45, 7) is 6.47. The van der Waals surface area contributed by atoms with Gasteiger partial charge in [0.2, 0.25) is 5.91 Å². The van der Waals surface area contributed by atoms with Crippen molar-refractivity contribution in [1.82, 2.24) is 26.5 Å². The Labute approximate surface area is 220 Å². The van der Waals surface area contributed by atoms with Crippen LogP contribution >= 0.6 is 0 Å². The monoisotopic (exact) mass is 518 g/mol. The molecule has 38 heavy (non-hydrogen) atoms. The van der Waals surface area contributed by atoms with E-state index in [0.29, 0.717) is 17.7 Å². The van der Waals surface area contributed by atoms with Crippen molar-refractivity contribution in [1.29, 1.82) is 0 Å². The summed E-state index contributed by atoms with van der Waals surface area (Å²) in [7, 11) is 0. The molecular weight excluding hydrogens is 487 g/mol. The van der Waals surface area contributed by atoms with Gasteiger partial charge in [-0.25, -0.2) is 14.6 Å². The summed E-state index contributed by atoms with van der Waals surface area (Å²) in [5.41, 5.74) is 7.62. The summed E-state index contributed by atoms with van der Waals surface area (Å²) in [6, 6.07) is 15.3. The minimum atomic E-state index is -1.09. The van der Waals surface area contributed by atoms with E-state index in [1.165, 1.54) is 23.2 Å². The topological polar surface area (TPSA) is 115 Å². The van der Waals surface area contributed by atoms with Crippen molar-refractivity contribution >= 4 is 23.5 Å². The Kier molecular flexibility index (Phi) is 8.02. The van der Waals surface area contributed by atoms with E-state index in [1.54, 1.807) is 42.6 Å². The number of nitrogens with one attached hydrogen (secondary N) is 4. The van der Waals surface area contributed by atoms with E-state index in [4.69, 9.17) is 0 Å². The molecule has 2 unspecified atom stereocenters. The predicted molar refractivity (Wildman–Crippen MR) is 141 cm³/mol. The molecule has 1 aliphatic heterocycles. The van der Waals surface area contributed by atoms with Crippen molar-refractivity contribution in [3.05, 3.63) is 95.6 Å². The number of carbonyl (C=O) groups is 3. The molecule has 0 bridgehead atoms. The van der Waals surface area contributed by atoms with Gasteiger partial charge in [-0.1, -0.05) is 51.1 Å². The van der Waals surface area contributed by atoms with Crippen molar-refractivity contribution in [3.8, 4) is 0 Å². The van der Waals surface area contributed by atoms with Crippen LogP contribution in [0.4, 0.5) is 14.9 Å². The first kappa shape index (κ1) is 26.7. The van der Waals surface area contributed by atoms with E-state index in [1.807, 2.05) is 12.1 Å². The summed E-state index contributed by atoms with van der Waals surface area (Å²) in [6.07, 6.45) is 2.42. The number of halogens is 1. The Bertz CT molecular complexity index is 1290. The Morgan fingerprint density at radius 3 is 2.47 bits per heavy atom. The molecule has 2 aromatic carbocycles. The van der Waals surface area contributed by atoms with Crippen LogP contribution in [-0.2, 0) is 21.4 Å². The third-order valence-electron chi connectivity index (χ3n) is 6.21. The summed E-state index contributed by atoms with van der Waals surface area (Å²) >= 11 is 0. The minimum absolute atomic E-state index is 0.116. The number of hydrogen-bond donors (Lipinski definition) is 4. The van der Waals surface area contributed by atoms with Crippen molar-refractivity contribution < 1.29 is 18.8 Å². The van der Waals surface area contributed by atoms with Gasteiger partial charge in [-0.05, 0) is 53.3 Å². The number of hydrazine groups is 1. The second-order valence-electron chi connectivity index (χ2n) is 10.0. The van der Waals surface area contributed by atoms with Crippen LogP contribution in [0.2, 0.25) is 0 Å². The van der Waals surface area contributed by atoms with Crippen LogP contribution in [0.25, 0.3) is 0 Å². The molecule has 4 rings (SSSR count). The molecule has 0 radical (unpaired) electrons. The summed E-state index contributed by atoms with van der Waals surface area (Å²) in [4.78, 5) is 44.8. The maximum absolute atomic E-state index is 13.8. The highest BCUT2D eigenvalue weighted by atomic mass is 19.1. The number of carbonyl (C=O) groups excluding carboxylic acids is 3.